The molecule has 3 aromatic rings. The topological polar surface area (TPSA) is 102 Å². The monoisotopic (exact) mass is 383 g/mol. The third kappa shape index (κ3) is 3.58. The van der Waals surface area contributed by atoms with Crippen molar-refractivity contribution in [2.75, 3.05) is 0 Å². The van der Waals surface area contributed by atoms with E-state index in [-0.39, 0.29) is 23.7 Å². The van der Waals surface area contributed by atoms with Gasteiger partial charge >= 0.3 is 6.09 Å². The predicted molar refractivity (Wildman–Crippen MR) is 106 cm³/mol. The van der Waals surface area contributed by atoms with Gasteiger partial charge in [-0.15, -0.1) is 0 Å². The Morgan fingerprint density at radius 1 is 1.21 bits per heavy atom. The maximum Gasteiger partial charge on any atom is 0.407 e. The van der Waals surface area contributed by atoms with Gasteiger partial charge in [0.05, 0.1) is 17.9 Å². The molecule has 0 spiro atoms. The van der Waals surface area contributed by atoms with Crippen molar-refractivity contribution in [1.82, 2.24) is 24.8 Å². The van der Waals surface area contributed by atoms with Crippen molar-refractivity contribution >= 4 is 28.2 Å². The van der Waals surface area contributed by atoms with E-state index in [4.69, 9.17) is 4.74 Å². The van der Waals surface area contributed by atoms with Crippen LogP contribution in [-0.4, -0.2) is 37.3 Å². The minimum absolute atomic E-state index is 0.0591. The van der Waals surface area contributed by atoms with Gasteiger partial charge in [-0.2, -0.15) is 0 Å². The summed E-state index contributed by atoms with van der Waals surface area (Å²) in [5, 5.41) is 3.85. The number of carbonyl (C=O) groups is 1. The number of carbonyl (C=O) groups excluding carboxylic acids is 1. The van der Waals surface area contributed by atoms with Crippen molar-refractivity contribution in [2.45, 2.75) is 64.1 Å². The molecule has 8 nitrogen and oxygen atoms in total. The summed E-state index contributed by atoms with van der Waals surface area (Å²) in [5.41, 5.74) is 1.65. The van der Waals surface area contributed by atoms with Crippen LogP contribution >= 0.6 is 0 Å². The molecule has 0 bridgehead atoms. The SMILES string of the molecule is CC(C)(C)OC(=O)N[C@H]1CC[C@H](n2c(=O)cnc3cnc4[nH]ccc4c32)CC1. The highest BCUT2D eigenvalue weighted by atomic mass is 16.6. The van der Waals surface area contributed by atoms with Gasteiger partial charge in [0.1, 0.15) is 16.8 Å². The van der Waals surface area contributed by atoms with Crippen molar-refractivity contribution in [2.24, 2.45) is 0 Å². The summed E-state index contributed by atoms with van der Waals surface area (Å²) in [6.45, 7) is 5.54. The number of alkyl carbamates (subject to hydrolysis) is 1. The van der Waals surface area contributed by atoms with E-state index < -0.39 is 5.60 Å². The van der Waals surface area contributed by atoms with E-state index in [1.165, 1.54) is 6.20 Å². The summed E-state index contributed by atoms with van der Waals surface area (Å²) in [6, 6.07) is 2.05. The van der Waals surface area contributed by atoms with Crippen molar-refractivity contribution in [1.29, 1.82) is 0 Å². The second kappa shape index (κ2) is 6.92. The molecule has 0 aromatic carbocycles. The van der Waals surface area contributed by atoms with E-state index in [0.717, 1.165) is 42.2 Å². The molecule has 4 rings (SSSR count). The number of nitrogens with zero attached hydrogens (tertiary/aromatic N) is 3. The lowest BCUT2D eigenvalue weighted by Gasteiger charge is -2.31. The first-order valence-corrected chi connectivity index (χ1v) is 9.65. The van der Waals surface area contributed by atoms with Crippen LogP contribution in [0.4, 0.5) is 4.79 Å². The van der Waals surface area contributed by atoms with Gasteiger partial charge in [-0.3, -0.25) is 4.79 Å². The predicted octanol–water partition coefficient (Wildman–Crippen LogP) is 3.28. The number of H-pyrrole nitrogens is 1. The van der Waals surface area contributed by atoms with Crippen LogP contribution in [0.25, 0.3) is 22.1 Å². The second-order valence-corrected chi connectivity index (χ2v) is 8.35. The van der Waals surface area contributed by atoms with Crippen molar-refractivity contribution < 1.29 is 9.53 Å². The zero-order valence-corrected chi connectivity index (χ0v) is 16.4. The van der Waals surface area contributed by atoms with Crippen LogP contribution < -0.4 is 10.9 Å². The summed E-state index contributed by atoms with van der Waals surface area (Å²) >= 11 is 0. The van der Waals surface area contributed by atoms with Crippen LogP contribution in [-0.2, 0) is 4.74 Å². The molecule has 1 aliphatic carbocycles. The molecule has 1 fully saturated rings. The van der Waals surface area contributed by atoms with E-state index in [1.807, 2.05) is 37.6 Å². The molecule has 0 aliphatic heterocycles. The van der Waals surface area contributed by atoms with Gasteiger partial charge in [0, 0.05) is 23.7 Å². The highest BCUT2D eigenvalue weighted by molar-refractivity contribution is 6.00. The van der Waals surface area contributed by atoms with E-state index in [1.54, 1.807) is 6.20 Å². The molecule has 1 saturated carbocycles. The van der Waals surface area contributed by atoms with Crippen LogP contribution in [0, 0.1) is 0 Å². The Balaban J connectivity index is 1.56. The first-order valence-electron chi connectivity index (χ1n) is 9.65. The number of pyridine rings is 1. The fourth-order valence-electron chi connectivity index (χ4n) is 3.94. The number of amides is 1. The van der Waals surface area contributed by atoms with Gasteiger partial charge in [0.25, 0.3) is 5.56 Å². The maximum absolute atomic E-state index is 12.7. The Kier molecular flexibility index (Phi) is 4.56. The maximum atomic E-state index is 12.7. The van der Waals surface area contributed by atoms with E-state index in [2.05, 4.69) is 20.3 Å². The number of aromatic nitrogens is 4. The number of aromatic amines is 1. The van der Waals surface area contributed by atoms with Crippen LogP contribution in [0.3, 0.4) is 0 Å². The molecule has 148 valence electrons. The Bertz CT molecular complexity index is 1070. The number of fused-ring (bicyclic) bond motifs is 3. The molecule has 2 N–H and O–H groups in total. The molecular weight excluding hydrogens is 358 g/mol. The van der Waals surface area contributed by atoms with Crippen LogP contribution in [0.2, 0.25) is 0 Å². The van der Waals surface area contributed by atoms with Gasteiger partial charge in [0.2, 0.25) is 0 Å². The summed E-state index contributed by atoms with van der Waals surface area (Å²) < 4.78 is 7.20. The lowest BCUT2D eigenvalue weighted by atomic mass is 9.90. The zero-order valence-electron chi connectivity index (χ0n) is 16.4. The summed E-state index contributed by atoms with van der Waals surface area (Å²) in [5.74, 6) is 0. The van der Waals surface area contributed by atoms with Gasteiger partial charge in [0.15, 0.2) is 0 Å². The number of ether oxygens (including phenoxy) is 1. The summed E-state index contributed by atoms with van der Waals surface area (Å²) in [6.07, 6.45) is 7.68. The lowest BCUT2D eigenvalue weighted by Crippen LogP contribution is -2.41. The van der Waals surface area contributed by atoms with Gasteiger partial charge in [-0.25, -0.2) is 14.8 Å². The van der Waals surface area contributed by atoms with Crippen LogP contribution in [0.5, 0.6) is 0 Å². The van der Waals surface area contributed by atoms with Crippen LogP contribution in [0.1, 0.15) is 52.5 Å². The number of hydrogen-bond acceptors (Lipinski definition) is 5. The third-order valence-corrected chi connectivity index (χ3v) is 5.11. The summed E-state index contributed by atoms with van der Waals surface area (Å²) in [4.78, 5) is 36.4. The standard InChI is InChI=1S/C20H25N5O3/c1-20(2,3)28-19(27)24-12-4-6-13(7-5-12)25-16(26)11-22-15-10-23-18-14(17(15)25)8-9-21-18/h8-13H,4-7H2,1-3H3,(H,21,23)(H,24,27)/t12-,13-. The van der Waals surface area contributed by atoms with Crippen molar-refractivity contribution in [3.63, 3.8) is 0 Å². The average Bonchev–Trinajstić information content (AvgIpc) is 3.10. The third-order valence-electron chi connectivity index (χ3n) is 5.11. The molecule has 0 saturated heterocycles. The van der Waals surface area contributed by atoms with E-state index in [0.29, 0.717) is 5.52 Å². The normalized spacial score (nSPS) is 20.4. The molecule has 3 heterocycles. The molecule has 0 unspecified atom stereocenters. The molecule has 3 aromatic heterocycles. The number of nitrogens with one attached hydrogen (secondary N) is 2. The van der Waals surface area contributed by atoms with E-state index >= 15 is 0 Å². The second-order valence-electron chi connectivity index (χ2n) is 8.35. The minimum Gasteiger partial charge on any atom is -0.444 e. The van der Waals surface area contributed by atoms with E-state index in [9.17, 15) is 9.59 Å². The quantitative estimate of drug-likeness (QED) is 0.707. The van der Waals surface area contributed by atoms with Crippen molar-refractivity contribution in [3.8, 4) is 0 Å². The van der Waals surface area contributed by atoms with Crippen LogP contribution in [0.15, 0.2) is 29.5 Å². The molecule has 0 atom stereocenters. The van der Waals surface area contributed by atoms with Gasteiger partial charge in [-0.1, -0.05) is 0 Å². The first kappa shape index (κ1) is 18.5. The zero-order chi connectivity index (χ0) is 19.9. The number of rotatable bonds is 2. The molecule has 1 amide bonds. The Hall–Kier alpha value is -2.90. The number of hydrogen-bond donors (Lipinski definition) is 2. The largest absolute Gasteiger partial charge is 0.444 e. The Morgan fingerprint density at radius 3 is 2.68 bits per heavy atom. The molecule has 8 heteroatoms. The van der Waals surface area contributed by atoms with Gasteiger partial charge < -0.3 is 19.6 Å². The fourth-order valence-corrected chi connectivity index (χ4v) is 3.94. The average molecular weight is 383 g/mol. The fraction of sp³-hybridized carbons (Fsp3) is 0.500. The smallest absolute Gasteiger partial charge is 0.407 e. The summed E-state index contributed by atoms with van der Waals surface area (Å²) in [7, 11) is 0. The minimum atomic E-state index is -0.513. The van der Waals surface area contributed by atoms with Gasteiger partial charge in [-0.05, 0) is 52.5 Å². The highest BCUT2D eigenvalue weighted by Gasteiger charge is 2.27. The molecule has 28 heavy (non-hydrogen) atoms. The highest BCUT2D eigenvalue weighted by Crippen LogP contribution is 2.31. The van der Waals surface area contributed by atoms with Crippen molar-refractivity contribution in [3.05, 3.63) is 35.0 Å². The Morgan fingerprint density at radius 2 is 1.96 bits per heavy atom. The molecule has 1 aliphatic rings. The molecular formula is C20H25N5O3. The lowest BCUT2D eigenvalue weighted by molar-refractivity contribution is 0.0488. The molecule has 0 radical (unpaired) electrons. The first-order chi connectivity index (χ1) is 13.3. The Labute approximate surface area is 162 Å².